The molecule has 1 atom stereocenters. The van der Waals surface area contributed by atoms with Gasteiger partial charge in [-0.1, -0.05) is 18.9 Å². The van der Waals surface area contributed by atoms with Gasteiger partial charge in [0.15, 0.2) is 0 Å². The summed E-state index contributed by atoms with van der Waals surface area (Å²) >= 11 is 3.38. The molecule has 1 aliphatic rings. The van der Waals surface area contributed by atoms with Gasteiger partial charge in [-0.3, -0.25) is 5.43 Å². The van der Waals surface area contributed by atoms with Crippen LogP contribution >= 0.6 is 15.9 Å². The van der Waals surface area contributed by atoms with Crippen molar-refractivity contribution in [2.45, 2.75) is 31.7 Å². The third kappa shape index (κ3) is 2.81. The van der Waals surface area contributed by atoms with Gasteiger partial charge in [0.25, 0.3) is 0 Å². The van der Waals surface area contributed by atoms with Crippen molar-refractivity contribution >= 4 is 15.9 Å². The molecule has 2 heterocycles. The monoisotopic (exact) mass is 283 g/mol. The van der Waals surface area contributed by atoms with Crippen LogP contribution in [0.2, 0.25) is 0 Å². The molecule has 0 amide bonds. The fraction of sp³-hybridized carbons (Fsp3) is 0.583. The highest BCUT2D eigenvalue weighted by Gasteiger charge is 2.21. The van der Waals surface area contributed by atoms with Crippen LogP contribution in [0, 0.1) is 0 Å². The summed E-state index contributed by atoms with van der Waals surface area (Å²) in [6.07, 6.45) is 7.10. The summed E-state index contributed by atoms with van der Waals surface area (Å²) < 4.78 is 0.904. The maximum atomic E-state index is 4.32. The molecular weight excluding hydrogens is 266 g/mol. The standard InChI is InChI=1S/C12H18BrN3/c1-14-16-8-4-2-3-5-11(16)10-6-7-12(13)15-9-10/h6-7,9,11,14H,2-5,8H2,1H3. The molecule has 1 aromatic heterocycles. The Morgan fingerprint density at radius 1 is 1.38 bits per heavy atom. The third-order valence-electron chi connectivity index (χ3n) is 3.18. The van der Waals surface area contributed by atoms with E-state index in [1.807, 2.05) is 19.3 Å². The average Bonchev–Trinajstić information content (AvgIpc) is 2.55. The molecule has 3 nitrogen and oxygen atoms in total. The molecule has 0 saturated carbocycles. The summed E-state index contributed by atoms with van der Waals surface area (Å²) in [6.45, 7) is 1.12. The van der Waals surface area contributed by atoms with Crippen LogP contribution in [0.15, 0.2) is 22.9 Å². The zero-order valence-corrected chi connectivity index (χ0v) is 11.2. The van der Waals surface area contributed by atoms with Crippen molar-refractivity contribution in [3.8, 4) is 0 Å². The molecule has 0 bridgehead atoms. The van der Waals surface area contributed by atoms with Crippen LogP contribution in [0.25, 0.3) is 0 Å². The maximum absolute atomic E-state index is 4.32. The Labute approximate surface area is 105 Å². The number of aromatic nitrogens is 1. The molecule has 1 fully saturated rings. The van der Waals surface area contributed by atoms with Crippen molar-refractivity contribution in [1.29, 1.82) is 0 Å². The first-order valence-electron chi connectivity index (χ1n) is 5.87. The number of pyridine rings is 1. The average molecular weight is 284 g/mol. The molecule has 1 unspecified atom stereocenters. The summed E-state index contributed by atoms with van der Waals surface area (Å²) in [7, 11) is 2.00. The van der Waals surface area contributed by atoms with Crippen molar-refractivity contribution < 1.29 is 0 Å². The van der Waals surface area contributed by atoms with Gasteiger partial charge in [0.1, 0.15) is 4.60 Å². The highest BCUT2D eigenvalue weighted by atomic mass is 79.9. The SMILES string of the molecule is CNN1CCCCCC1c1ccc(Br)nc1. The van der Waals surface area contributed by atoms with Crippen LogP contribution in [0.1, 0.15) is 37.3 Å². The molecule has 0 radical (unpaired) electrons. The van der Waals surface area contributed by atoms with Crippen molar-refractivity contribution in [2.24, 2.45) is 0 Å². The second-order valence-corrected chi connectivity index (χ2v) is 5.01. The summed E-state index contributed by atoms with van der Waals surface area (Å²) in [5, 5.41) is 2.33. The molecule has 1 saturated heterocycles. The van der Waals surface area contributed by atoms with Crippen LogP contribution < -0.4 is 5.43 Å². The van der Waals surface area contributed by atoms with Crippen molar-refractivity contribution in [3.63, 3.8) is 0 Å². The Kier molecular flexibility index (Phi) is 4.32. The first-order valence-corrected chi connectivity index (χ1v) is 6.66. The summed E-state index contributed by atoms with van der Waals surface area (Å²) in [5.74, 6) is 0. The number of nitrogens with zero attached hydrogens (tertiary/aromatic N) is 2. The van der Waals surface area contributed by atoms with Gasteiger partial charge in [-0.25, -0.2) is 9.99 Å². The van der Waals surface area contributed by atoms with Gasteiger partial charge in [0.2, 0.25) is 0 Å². The Bertz CT molecular complexity index is 326. The number of halogens is 1. The zero-order valence-electron chi connectivity index (χ0n) is 9.62. The predicted octanol–water partition coefficient (Wildman–Crippen LogP) is 2.90. The van der Waals surface area contributed by atoms with Gasteiger partial charge < -0.3 is 0 Å². The normalized spacial score (nSPS) is 23.0. The smallest absolute Gasteiger partial charge is 0.106 e. The van der Waals surface area contributed by atoms with E-state index in [0.717, 1.165) is 11.1 Å². The van der Waals surface area contributed by atoms with Crippen LogP contribution in [0.4, 0.5) is 0 Å². The summed E-state index contributed by atoms with van der Waals surface area (Å²) in [5.41, 5.74) is 4.61. The first kappa shape index (κ1) is 12.0. The maximum Gasteiger partial charge on any atom is 0.106 e. The minimum atomic E-state index is 0.466. The first-order chi connectivity index (χ1) is 7.81. The quantitative estimate of drug-likeness (QED) is 0.846. The lowest BCUT2D eigenvalue weighted by atomic mass is 10.0. The van der Waals surface area contributed by atoms with Crippen LogP contribution in [-0.4, -0.2) is 23.6 Å². The van der Waals surface area contributed by atoms with Gasteiger partial charge in [0, 0.05) is 12.7 Å². The van der Waals surface area contributed by atoms with Crippen molar-refractivity contribution in [1.82, 2.24) is 15.4 Å². The lowest BCUT2D eigenvalue weighted by Gasteiger charge is -2.29. The minimum absolute atomic E-state index is 0.466. The van der Waals surface area contributed by atoms with E-state index in [2.05, 4.69) is 37.4 Å². The fourth-order valence-corrected chi connectivity index (χ4v) is 2.54. The van der Waals surface area contributed by atoms with Gasteiger partial charge in [-0.2, -0.15) is 0 Å². The number of hydrogen-bond donors (Lipinski definition) is 1. The van der Waals surface area contributed by atoms with Gasteiger partial charge in [-0.15, -0.1) is 0 Å². The van der Waals surface area contributed by atoms with Gasteiger partial charge >= 0.3 is 0 Å². The Hall–Kier alpha value is -0.450. The number of hydrogen-bond acceptors (Lipinski definition) is 3. The topological polar surface area (TPSA) is 28.2 Å². The zero-order chi connectivity index (χ0) is 11.4. The Balaban J connectivity index is 2.18. The second-order valence-electron chi connectivity index (χ2n) is 4.20. The minimum Gasteiger partial charge on any atom is -0.258 e. The number of rotatable bonds is 2. The van der Waals surface area contributed by atoms with Crippen molar-refractivity contribution in [2.75, 3.05) is 13.6 Å². The molecule has 1 aromatic rings. The molecule has 0 aromatic carbocycles. The summed E-state index contributed by atoms with van der Waals surface area (Å²) in [6, 6.07) is 4.65. The number of hydrazine groups is 1. The highest BCUT2D eigenvalue weighted by Crippen LogP contribution is 2.28. The van der Waals surface area contributed by atoms with E-state index < -0.39 is 0 Å². The van der Waals surface area contributed by atoms with Crippen LogP contribution in [0.5, 0.6) is 0 Å². The molecule has 0 aliphatic carbocycles. The highest BCUT2D eigenvalue weighted by molar-refractivity contribution is 9.10. The molecule has 2 rings (SSSR count). The lowest BCUT2D eigenvalue weighted by molar-refractivity contribution is 0.142. The molecule has 16 heavy (non-hydrogen) atoms. The van der Waals surface area contributed by atoms with Gasteiger partial charge in [-0.05, 0) is 47.4 Å². The van der Waals surface area contributed by atoms with Crippen molar-refractivity contribution in [3.05, 3.63) is 28.5 Å². The van der Waals surface area contributed by atoms with E-state index in [4.69, 9.17) is 0 Å². The Morgan fingerprint density at radius 3 is 2.94 bits per heavy atom. The van der Waals surface area contributed by atoms with Crippen LogP contribution in [0.3, 0.4) is 0 Å². The molecular formula is C12H18BrN3. The van der Waals surface area contributed by atoms with E-state index in [-0.39, 0.29) is 0 Å². The van der Waals surface area contributed by atoms with Crippen LogP contribution in [-0.2, 0) is 0 Å². The predicted molar refractivity (Wildman–Crippen MR) is 68.9 cm³/mol. The lowest BCUT2D eigenvalue weighted by Crippen LogP contribution is -2.38. The van der Waals surface area contributed by atoms with E-state index in [9.17, 15) is 0 Å². The second kappa shape index (κ2) is 5.75. The van der Waals surface area contributed by atoms with E-state index in [0.29, 0.717) is 6.04 Å². The molecule has 0 spiro atoms. The third-order valence-corrected chi connectivity index (χ3v) is 3.64. The largest absolute Gasteiger partial charge is 0.258 e. The Morgan fingerprint density at radius 2 is 2.25 bits per heavy atom. The number of nitrogens with one attached hydrogen (secondary N) is 1. The van der Waals surface area contributed by atoms with E-state index in [1.54, 1.807) is 0 Å². The molecule has 88 valence electrons. The molecule has 1 N–H and O–H groups in total. The molecule has 4 heteroatoms. The molecule has 1 aliphatic heterocycles. The fourth-order valence-electron chi connectivity index (χ4n) is 2.31. The van der Waals surface area contributed by atoms with E-state index in [1.165, 1.54) is 31.2 Å². The van der Waals surface area contributed by atoms with Gasteiger partial charge in [0.05, 0.1) is 6.04 Å². The summed E-state index contributed by atoms with van der Waals surface area (Å²) in [4.78, 5) is 4.32. The van der Waals surface area contributed by atoms with E-state index >= 15 is 0 Å².